The van der Waals surface area contributed by atoms with Gasteiger partial charge in [-0.15, -0.1) is 0 Å². The van der Waals surface area contributed by atoms with Crippen LogP contribution in [-0.2, 0) is 10.0 Å². The van der Waals surface area contributed by atoms with E-state index in [0.29, 0.717) is 0 Å². The first-order valence-corrected chi connectivity index (χ1v) is 3.31. The van der Waals surface area contributed by atoms with Crippen molar-refractivity contribution >= 4 is 28.9 Å². The van der Waals surface area contributed by atoms with Gasteiger partial charge in [-0.3, -0.25) is 0 Å². The van der Waals surface area contributed by atoms with Gasteiger partial charge in [0.25, 0.3) is 0 Å². The summed E-state index contributed by atoms with van der Waals surface area (Å²) in [5.74, 6) is 0. The molecule has 0 aromatic rings. The maximum Gasteiger partial charge on any atom is 0.237 e. The molecule has 0 aliphatic carbocycles. The second kappa shape index (κ2) is 3.79. The summed E-state index contributed by atoms with van der Waals surface area (Å²) in [6, 6.07) is 0. The van der Waals surface area contributed by atoms with Gasteiger partial charge < -0.3 is 0 Å². The Morgan fingerprint density at radius 1 is 1.62 bits per heavy atom. The number of nitriles is 1. The number of nitrogens with zero attached hydrogens (tertiary/aromatic N) is 1. The summed E-state index contributed by atoms with van der Waals surface area (Å²) < 4.78 is 21.4. The summed E-state index contributed by atoms with van der Waals surface area (Å²) in [5.41, 5.74) is 0. The van der Waals surface area contributed by atoms with Crippen LogP contribution < -0.4 is 4.72 Å². The van der Waals surface area contributed by atoms with Crippen molar-refractivity contribution in [1.29, 1.82) is 5.26 Å². The van der Waals surface area contributed by atoms with E-state index in [-0.39, 0.29) is 18.9 Å². The van der Waals surface area contributed by atoms with Crippen molar-refractivity contribution in [2.75, 3.05) is 6.26 Å². The Balaban J connectivity index is 0. The molecule has 1 radical (unpaired) electrons. The Hall–Kier alpha value is -0.163. The van der Waals surface area contributed by atoms with Crippen molar-refractivity contribution in [1.82, 2.24) is 4.72 Å². The molecule has 0 saturated carbocycles. The molecule has 0 saturated heterocycles. The summed E-state index contributed by atoms with van der Waals surface area (Å²) in [4.78, 5) is 0. The Bertz CT molecular complexity index is 179. The molecule has 1 N–H and O–H groups in total. The second-order valence-electron chi connectivity index (χ2n) is 0.986. The average Bonchev–Trinajstić information content (AvgIpc) is 1.30. The largest absolute Gasteiger partial charge is 0.237 e. The molecule has 0 amide bonds. The Labute approximate surface area is 60.1 Å². The fraction of sp³-hybridized carbons (Fsp3) is 0.500. The zero-order valence-corrected chi connectivity index (χ0v) is 5.49. The average molecular weight is 127 g/mol. The minimum absolute atomic E-state index is 0. The number of nitrogens with one attached hydrogen (secondary N) is 1. The van der Waals surface area contributed by atoms with Crippen LogP contribution in [0.3, 0.4) is 0 Å². The fourth-order valence-electron chi connectivity index (χ4n) is 0.0829. The van der Waals surface area contributed by atoms with E-state index in [9.17, 15) is 8.42 Å². The van der Waals surface area contributed by atoms with Crippen LogP contribution in [0.5, 0.6) is 0 Å². The van der Waals surface area contributed by atoms with Crippen molar-refractivity contribution in [2.45, 2.75) is 0 Å². The minimum Gasteiger partial charge on any atom is -0.220 e. The van der Waals surface area contributed by atoms with Crippen LogP contribution in [0.15, 0.2) is 0 Å². The van der Waals surface area contributed by atoms with Gasteiger partial charge in [-0.1, -0.05) is 0 Å². The van der Waals surface area contributed by atoms with E-state index in [2.05, 4.69) is 0 Å². The second-order valence-corrected chi connectivity index (χ2v) is 2.73. The topological polar surface area (TPSA) is 70.0 Å². The normalized spacial score (nSPS) is 8.50. The van der Waals surface area contributed by atoms with E-state index in [1.807, 2.05) is 0 Å². The van der Waals surface area contributed by atoms with Crippen molar-refractivity contribution in [3.05, 3.63) is 0 Å². The van der Waals surface area contributed by atoms with E-state index in [0.717, 1.165) is 6.26 Å². The molecule has 0 rings (SSSR count). The Morgan fingerprint density at radius 2 is 2.00 bits per heavy atom. The molecule has 0 heterocycles. The fourth-order valence-corrected chi connectivity index (χ4v) is 0.249. The van der Waals surface area contributed by atoms with E-state index < -0.39 is 10.0 Å². The Morgan fingerprint density at radius 3 is 2.00 bits per heavy atom. The molecule has 0 aliphatic heterocycles. The third-order valence-corrected chi connectivity index (χ3v) is 0.693. The molecule has 8 heavy (non-hydrogen) atoms. The molecule has 41 valence electrons. The van der Waals surface area contributed by atoms with Gasteiger partial charge in [0.05, 0.1) is 6.26 Å². The third-order valence-electron chi connectivity index (χ3n) is 0.231. The molecule has 0 fully saturated rings. The van der Waals surface area contributed by atoms with Gasteiger partial charge in [-0.2, -0.15) is 5.26 Å². The zero-order valence-electron chi connectivity index (χ0n) is 4.67. The van der Waals surface area contributed by atoms with Crippen LogP contribution in [-0.4, -0.2) is 33.5 Å². The predicted molar refractivity (Wildman–Crippen MR) is 29.3 cm³/mol. The number of hydrogen-bond acceptors (Lipinski definition) is 3. The molecule has 0 aromatic carbocycles. The van der Waals surface area contributed by atoms with Crippen molar-refractivity contribution in [3.8, 4) is 6.19 Å². The molecule has 4 nitrogen and oxygen atoms in total. The van der Waals surface area contributed by atoms with Crippen molar-refractivity contribution in [2.24, 2.45) is 0 Å². The summed E-state index contributed by atoms with van der Waals surface area (Å²) in [7, 11) is -3.29. The molecular formula is C2H4LiN2O2S. The van der Waals surface area contributed by atoms with Crippen LogP contribution in [0, 0.1) is 11.5 Å². The van der Waals surface area contributed by atoms with E-state index in [1.165, 1.54) is 6.19 Å². The number of rotatable bonds is 1. The molecule has 0 aromatic heterocycles. The number of sulfonamides is 1. The Kier molecular flexibility index (Phi) is 5.10. The predicted octanol–water partition coefficient (Wildman–Crippen LogP) is -1.36. The molecule has 0 spiro atoms. The summed E-state index contributed by atoms with van der Waals surface area (Å²) in [6.45, 7) is 0. The minimum atomic E-state index is -3.29. The summed E-state index contributed by atoms with van der Waals surface area (Å²) in [6.07, 6.45) is 2.18. The van der Waals surface area contributed by atoms with Gasteiger partial charge in [0, 0.05) is 18.9 Å². The van der Waals surface area contributed by atoms with Gasteiger partial charge >= 0.3 is 0 Å². The van der Waals surface area contributed by atoms with Gasteiger partial charge in [0.1, 0.15) is 0 Å². The van der Waals surface area contributed by atoms with Crippen LogP contribution in [0.25, 0.3) is 0 Å². The maximum absolute atomic E-state index is 9.90. The maximum atomic E-state index is 9.90. The standard InChI is InChI=1S/C2H4N2O2S.Li/c1-7(5,6)4-2-3;/h4H,1H3;. The van der Waals surface area contributed by atoms with Crippen LogP contribution in [0.1, 0.15) is 0 Å². The van der Waals surface area contributed by atoms with E-state index in [4.69, 9.17) is 5.26 Å². The van der Waals surface area contributed by atoms with Gasteiger partial charge in [0.2, 0.25) is 10.0 Å². The van der Waals surface area contributed by atoms with E-state index in [1.54, 1.807) is 4.72 Å². The van der Waals surface area contributed by atoms with Crippen molar-refractivity contribution < 1.29 is 8.42 Å². The molecule has 0 bridgehead atoms. The first-order valence-electron chi connectivity index (χ1n) is 1.42. The van der Waals surface area contributed by atoms with Gasteiger partial charge in [0.15, 0.2) is 6.19 Å². The SMILES string of the molecule is CS(=O)(=O)NC#N.[Li]. The summed E-state index contributed by atoms with van der Waals surface area (Å²) in [5, 5.41) is 7.66. The first kappa shape index (κ1) is 10.8. The van der Waals surface area contributed by atoms with Crippen LogP contribution in [0.4, 0.5) is 0 Å². The summed E-state index contributed by atoms with van der Waals surface area (Å²) >= 11 is 0. The first-order chi connectivity index (χ1) is 3.06. The molecular weight excluding hydrogens is 123 g/mol. The number of hydrogen-bond donors (Lipinski definition) is 1. The monoisotopic (exact) mass is 127 g/mol. The molecule has 6 heteroatoms. The molecule has 0 atom stereocenters. The quantitative estimate of drug-likeness (QED) is 0.268. The van der Waals surface area contributed by atoms with Crippen molar-refractivity contribution in [3.63, 3.8) is 0 Å². The third kappa shape index (κ3) is 9.28. The zero-order chi connectivity index (χ0) is 5.91. The molecule has 0 unspecified atom stereocenters. The van der Waals surface area contributed by atoms with Gasteiger partial charge in [-0.05, 0) is 0 Å². The van der Waals surface area contributed by atoms with E-state index >= 15 is 0 Å². The molecule has 0 aliphatic rings. The van der Waals surface area contributed by atoms with Crippen LogP contribution in [0.2, 0.25) is 0 Å². The smallest absolute Gasteiger partial charge is 0.220 e. The van der Waals surface area contributed by atoms with Crippen LogP contribution >= 0.6 is 0 Å². The van der Waals surface area contributed by atoms with Gasteiger partial charge in [-0.25, -0.2) is 13.1 Å².